The number of nitrogens with zero attached hydrogens (tertiary/aromatic N) is 2. The average molecular weight is 313 g/mol. The number of benzene rings is 1. The molecule has 2 saturated heterocycles. The first kappa shape index (κ1) is 15.5. The second kappa shape index (κ2) is 6.80. The van der Waals surface area contributed by atoms with Gasteiger partial charge in [0.2, 0.25) is 11.8 Å². The number of carbonyl (C=O) groups is 2. The van der Waals surface area contributed by atoms with Crippen LogP contribution in [0.2, 0.25) is 0 Å². The molecule has 0 radical (unpaired) electrons. The van der Waals surface area contributed by atoms with Gasteiger partial charge in [0.1, 0.15) is 0 Å². The molecule has 0 bridgehead atoms. The van der Waals surface area contributed by atoms with Gasteiger partial charge in [0.05, 0.1) is 23.7 Å². The van der Waals surface area contributed by atoms with Crippen LogP contribution in [0.25, 0.3) is 0 Å². The van der Waals surface area contributed by atoms with E-state index in [1.807, 2.05) is 6.07 Å². The van der Waals surface area contributed by atoms with Gasteiger partial charge in [-0.25, -0.2) is 0 Å². The minimum Gasteiger partial charge on any atom is -0.376 e. The normalized spacial score (nSPS) is 23.8. The molecule has 1 aromatic rings. The van der Waals surface area contributed by atoms with Crippen LogP contribution in [-0.4, -0.2) is 37.6 Å². The predicted molar refractivity (Wildman–Crippen MR) is 83.6 cm³/mol. The number of ether oxygens (including phenoxy) is 1. The van der Waals surface area contributed by atoms with Crippen LogP contribution in [0, 0.1) is 17.2 Å². The standard InChI is InChI=1S/C17H19N3O3/c18-9-12-3-5-14(6-4-12)20-11-13(8-16(20)21)17(22)19-10-15-2-1-7-23-15/h3-6,13,15H,1-2,7-8,10-11H2,(H,19,22). The molecule has 1 N–H and O–H groups in total. The molecule has 3 rings (SSSR count). The molecule has 6 heteroatoms. The maximum absolute atomic E-state index is 12.2. The molecule has 2 aliphatic rings. The maximum Gasteiger partial charge on any atom is 0.227 e. The summed E-state index contributed by atoms with van der Waals surface area (Å²) in [6.07, 6.45) is 2.33. The zero-order valence-corrected chi connectivity index (χ0v) is 12.8. The van der Waals surface area contributed by atoms with E-state index in [0.29, 0.717) is 18.7 Å². The predicted octanol–water partition coefficient (Wildman–Crippen LogP) is 1.21. The van der Waals surface area contributed by atoms with Crippen LogP contribution in [0.4, 0.5) is 5.69 Å². The Kier molecular flexibility index (Phi) is 4.58. The molecule has 6 nitrogen and oxygen atoms in total. The van der Waals surface area contributed by atoms with Crippen LogP contribution < -0.4 is 10.2 Å². The van der Waals surface area contributed by atoms with E-state index in [1.165, 1.54) is 0 Å². The molecule has 23 heavy (non-hydrogen) atoms. The second-order valence-electron chi connectivity index (χ2n) is 5.94. The van der Waals surface area contributed by atoms with Crippen LogP contribution in [0.1, 0.15) is 24.8 Å². The van der Waals surface area contributed by atoms with Crippen molar-refractivity contribution in [3.05, 3.63) is 29.8 Å². The van der Waals surface area contributed by atoms with Gasteiger partial charge in [-0.05, 0) is 37.1 Å². The smallest absolute Gasteiger partial charge is 0.227 e. The Bertz CT molecular complexity index is 629. The Balaban J connectivity index is 1.57. The van der Waals surface area contributed by atoms with E-state index in [2.05, 4.69) is 5.32 Å². The van der Waals surface area contributed by atoms with Crippen molar-refractivity contribution in [2.75, 3.05) is 24.6 Å². The summed E-state index contributed by atoms with van der Waals surface area (Å²) in [5, 5.41) is 11.7. The summed E-state index contributed by atoms with van der Waals surface area (Å²) in [5.74, 6) is -0.489. The Morgan fingerprint density at radius 2 is 2.17 bits per heavy atom. The van der Waals surface area contributed by atoms with Crippen molar-refractivity contribution in [2.24, 2.45) is 5.92 Å². The molecule has 2 heterocycles. The highest BCUT2D eigenvalue weighted by Gasteiger charge is 2.35. The third kappa shape index (κ3) is 3.51. The summed E-state index contributed by atoms with van der Waals surface area (Å²) in [4.78, 5) is 26.0. The van der Waals surface area contributed by atoms with Crippen LogP contribution >= 0.6 is 0 Å². The number of nitriles is 1. The lowest BCUT2D eigenvalue weighted by Crippen LogP contribution is -2.37. The van der Waals surface area contributed by atoms with E-state index in [9.17, 15) is 9.59 Å². The van der Waals surface area contributed by atoms with Crippen LogP contribution in [0.5, 0.6) is 0 Å². The lowest BCUT2D eigenvalue weighted by atomic mass is 10.1. The summed E-state index contributed by atoms with van der Waals surface area (Å²) in [5.41, 5.74) is 1.27. The number of hydrogen-bond donors (Lipinski definition) is 1. The Morgan fingerprint density at radius 1 is 1.39 bits per heavy atom. The number of anilines is 1. The zero-order valence-electron chi connectivity index (χ0n) is 12.8. The van der Waals surface area contributed by atoms with Gasteiger partial charge in [-0.3, -0.25) is 9.59 Å². The van der Waals surface area contributed by atoms with E-state index in [-0.39, 0.29) is 30.3 Å². The highest BCUT2D eigenvalue weighted by atomic mass is 16.5. The largest absolute Gasteiger partial charge is 0.376 e. The first-order chi connectivity index (χ1) is 11.2. The van der Waals surface area contributed by atoms with Crippen molar-refractivity contribution in [1.82, 2.24) is 5.32 Å². The van der Waals surface area contributed by atoms with E-state index >= 15 is 0 Å². The summed E-state index contributed by atoms with van der Waals surface area (Å²) >= 11 is 0. The summed E-state index contributed by atoms with van der Waals surface area (Å²) in [6, 6.07) is 8.87. The molecular weight excluding hydrogens is 294 g/mol. The third-order valence-electron chi connectivity index (χ3n) is 4.33. The molecule has 2 aliphatic heterocycles. The molecule has 2 unspecified atom stereocenters. The van der Waals surface area contributed by atoms with Gasteiger partial charge in [-0.2, -0.15) is 5.26 Å². The topological polar surface area (TPSA) is 82.4 Å². The molecular formula is C17H19N3O3. The molecule has 2 atom stereocenters. The number of amides is 2. The van der Waals surface area contributed by atoms with Crippen LogP contribution in [0.15, 0.2) is 24.3 Å². The van der Waals surface area contributed by atoms with E-state index < -0.39 is 0 Å². The van der Waals surface area contributed by atoms with Crippen molar-refractivity contribution in [1.29, 1.82) is 5.26 Å². The van der Waals surface area contributed by atoms with Crippen molar-refractivity contribution in [2.45, 2.75) is 25.4 Å². The van der Waals surface area contributed by atoms with Crippen molar-refractivity contribution >= 4 is 17.5 Å². The van der Waals surface area contributed by atoms with E-state index in [4.69, 9.17) is 10.00 Å². The van der Waals surface area contributed by atoms with Crippen LogP contribution in [-0.2, 0) is 14.3 Å². The van der Waals surface area contributed by atoms with Gasteiger partial charge >= 0.3 is 0 Å². The Labute approximate surface area is 135 Å². The van der Waals surface area contributed by atoms with Crippen LogP contribution in [0.3, 0.4) is 0 Å². The van der Waals surface area contributed by atoms with Crippen molar-refractivity contribution in [3.63, 3.8) is 0 Å². The minimum atomic E-state index is -0.334. The third-order valence-corrected chi connectivity index (χ3v) is 4.33. The van der Waals surface area contributed by atoms with Gasteiger partial charge < -0.3 is 15.0 Å². The quantitative estimate of drug-likeness (QED) is 0.905. The highest BCUT2D eigenvalue weighted by molar-refractivity contribution is 6.00. The van der Waals surface area contributed by atoms with E-state index in [1.54, 1.807) is 29.2 Å². The monoisotopic (exact) mass is 313 g/mol. The fraction of sp³-hybridized carbons (Fsp3) is 0.471. The van der Waals surface area contributed by atoms with Crippen molar-refractivity contribution < 1.29 is 14.3 Å². The molecule has 0 spiro atoms. The molecule has 120 valence electrons. The molecule has 2 amide bonds. The van der Waals surface area contributed by atoms with Gasteiger partial charge in [0.25, 0.3) is 0 Å². The molecule has 1 aromatic carbocycles. The first-order valence-corrected chi connectivity index (χ1v) is 7.87. The fourth-order valence-corrected chi connectivity index (χ4v) is 3.01. The summed E-state index contributed by atoms with van der Waals surface area (Å²) in [7, 11) is 0. The highest BCUT2D eigenvalue weighted by Crippen LogP contribution is 2.25. The summed E-state index contributed by atoms with van der Waals surface area (Å²) < 4.78 is 5.48. The van der Waals surface area contributed by atoms with Gasteiger partial charge in [0.15, 0.2) is 0 Å². The van der Waals surface area contributed by atoms with E-state index in [0.717, 1.165) is 25.1 Å². The Hall–Kier alpha value is -2.39. The maximum atomic E-state index is 12.2. The SMILES string of the molecule is N#Cc1ccc(N2CC(C(=O)NCC3CCCO3)CC2=O)cc1. The lowest BCUT2D eigenvalue weighted by Gasteiger charge is -2.17. The Morgan fingerprint density at radius 3 is 2.83 bits per heavy atom. The number of carbonyl (C=O) groups excluding carboxylic acids is 2. The van der Waals surface area contributed by atoms with Crippen molar-refractivity contribution in [3.8, 4) is 6.07 Å². The molecule has 0 aliphatic carbocycles. The molecule has 0 aromatic heterocycles. The first-order valence-electron chi connectivity index (χ1n) is 7.87. The zero-order chi connectivity index (χ0) is 16.2. The number of rotatable bonds is 4. The fourth-order valence-electron chi connectivity index (χ4n) is 3.01. The van der Waals surface area contributed by atoms with Gasteiger partial charge in [0, 0.05) is 31.8 Å². The lowest BCUT2D eigenvalue weighted by molar-refractivity contribution is -0.126. The minimum absolute atomic E-state index is 0.0630. The number of hydrogen-bond acceptors (Lipinski definition) is 4. The average Bonchev–Trinajstić information content (AvgIpc) is 3.22. The number of nitrogens with one attached hydrogen (secondary N) is 1. The van der Waals surface area contributed by atoms with Gasteiger partial charge in [-0.1, -0.05) is 0 Å². The molecule has 2 fully saturated rings. The summed E-state index contributed by atoms with van der Waals surface area (Å²) in [6.45, 7) is 1.65. The second-order valence-corrected chi connectivity index (χ2v) is 5.94. The van der Waals surface area contributed by atoms with Gasteiger partial charge in [-0.15, -0.1) is 0 Å². The molecule has 0 saturated carbocycles.